The molecule has 0 saturated heterocycles. The highest BCUT2D eigenvalue weighted by Crippen LogP contribution is 2.15. The normalized spacial score (nSPS) is 9.00. The smallest absolute Gasteiger partial charge is 0.370 e. The SMILES string of the molecule is C=C.C=CC(=O)OC(F)(F)F. The molecule has 0 heterocycles. The molecule has 0 aromatic rings. The van der Waals surface area contributed by atoms with Gasteiger partial charge in [0, 0.05) is 6.08 Å². The van der Waals surface area contributed by atoms with Crippen LogP contribution >= 0.6 is 0 Å². The lowest BCUT2D eigenvalue weighted by molar-refractivity contribution is -0.302. The van der Waals surface area contributed by atoms with Crippen LogP contribution in [0.4, 0.5) is 13.2 Å². The summed E-state index contributed by atoms with van der Waals surface area (Å²) in [5.41, 5.74) is 0. The second-order valence-electron chi connectivity index (χ2n) is 1.07. The van der Waals surface area contributed by atoms with Gasteiger partial charge in [0.2, 0.25) is 0 Å². The molecule has 0 N–H and O–H groups in total. The van der Waals surface area contributed by atoms with E-state index in [1.807, 2.05) is 0 Å². The second-order valence-corrected chi connectivity index (χ2v) is 1.07. The molecular weight excluding hydrogens is 161 g/mol. The van der Waals surface area contributed by atoms with E-state index in [9.17, 15) is 18.0 Å². The fourth-order valence-corrected chi connectivity index (χ4v) is 0.156. The molecule has 0 spiro atoms. The Morgan fingerprint density at radius 2 is 1.73 bits per heavy atom. The summed E-state index contributed by atoms with van der Waals surface area (Å²) in [6.45, 7) is 8.77. The van der Waals surface area contributed by atoms with Crippen LogP contribution in [0.15, 0.2) is 25.8 Å². The molecule has 0 aliphatic carbocycles. The third-order valence-corrected chi connectivity index (χ3v) is 0.383. The van der Waals surface area contributed by atoms with Crippen LogP contribution in [0.2, 0.25) is 0 Å². The second kappa shape index (κ2) is 5.52. The quantitative estimate of drug-likeness (QED) is 0.340. The number of alkyl halides is 3. The summed E-state index contributed by atoms with van der Waals surface area (Å²) in [5, 5.41) is 0. The molecule has 0 aromatic carbocycles. The predicted molar refractivity (Wildman–Crippen MR) is 33.6 cm³/mol. The monoisotopic (exact) mass is 168 g/mol. The molecule has 0 unspecified atom stereocenters. The van der Waals surface area contributed by atoms with Crippen LogP contribution in [0.25, 0.3) is 0 Å². The standard InChI is InChI=1S/C4H3F3O2.C2H4/c1-2-3(8)9-4(5,6)7;1-2/h2H,1H2;1-2H2. The lowest BCUT2D eigenvalue weighted by Gasteiger charge is -2.02. The van der Waals surface area contributed by atoms with E-state index in [2.05, 4.69) is 24.5 Å². The van der Waals surface area contributed by atoms with Gasteiger partial charge in [-0.3, -0.25) is 0 Å². The van der Waals surface area contributed by atoms with Gasteiger partial charge in [0.25, 0.3) is 0 Å². The number of ether oxygens (including phenoxy) is 1. The van der Waals surface area contributed by atoms with Crippen molar-refractivity contribution in [3.8, 4) is 0 Å². The van der Waals surface area contributed by atoms with Gasteiger partial charge in [-0.15, -0.1) is 26.3 Å². The van der Waals surface area contributed by atoms with E-state index < -0.39 is 12.3 Å². The fourth-order valence-electron chi connectivity index (χ4n) is 0.156. The first-order valence-electron chi connectivity index (χ1n) is 2.38. The van der Waals surface area contributed by atoms with Gasteiger partial charge < -0.3 is 4.74 Å². The summed E-state index contributed by atoms with van der Waals surface area (Å²) < 4.78 is 35.8. The molecule has 0 aliphatic rings. The maximum atomic E-state index is 11.0. The first kappa shape index (κ1) is 12.4. The van der Waals surface area contributed by atoms with Crippen molar-refractivity contribution in [2.75, 3.05) is 0 Å². The number of rotatable bonds is 1. The highest BCUT2D eigenvalue weighted by atomic mass is 19.4. The van der Waals surface area contributed by atoms with Crippen LogP contribution in [0.3, 0.4) is 0 Å². The van der Waals surface area contributed by atoms with Crippen molar-refractivity contribution in [2.45, 2.75) is 6.36 Å². The molecule has 0 fully saturated rings. The average molecular weight is 168 g/mol. The molecule has 0 radical (unpaired) electrons. The largest absolute Gasteiger partial charge is 0.575 e. The molecule has 0 rings (SSSR count). The summed E-state index contributed by atoms with van der Waals surface area (Å²) in [7, 11) is 0. The summed E-state index contributed by atoms with van der Waals surface area (Å²) >= 11 is 0. The molecule has 2 nitrogen and oxygen atoms in total. The Labute approximate surface area is 62.0 Å². The van der Waals surface area contributed by atoms with Crippen molar-refractivity contribution in [3.63, 3.8) is 0 Å². The van der Waals surface area contributed by atoms with E-state index in [4.69, 9.17) is 0 Å². The van der Waals surface area contributed by atoms with Crippen LogP contribution in [0.1, 0.15) is 0 Å². The highest BCUT2D eigenvalue weighted by Gasteiger charge is 2.32. The summed E-state index contributed by atoms with van der Waals surface area (Å²) in [6, 6.07) is 0. The molecule has 0 atom stereocenters. The molecule has 0 aromatic heterocycles. The van der Waals surface area contributed by atoms with E-state index in [0.29, 0.717) is 6.08 Å². The highest BCUT2D eigenvalue weighted by molar-refractivity contribution is 5.81. The molecular formula is C6H7F3O2. The van der Waals surface area contributed by atoms with Gasteiger partial charge in [0.05, 0.1) is 0 Å². The first-order valence-corrected chi connectivity index (χ1v) is 2.38. The van der Waals surface area contributed by atoms with Crippen LogP contribution in [0.5, 0.6) is 0 Å². The number of hydrogen-bond acceptors (Lipinski definition) is 2. The minimum absolute atomic E-state index is 0.438. The molecule has 0 bridgehead atoms. The van der Waals surface area contributed by atoms with E-state index in [1.54, 1.807) is 0 Å². The number of esters is 1. The summed E-state index contributed by atoms with van der Waals surface area (Å²) in [4.78, 5) is 9.77. The minimum Gasteiger partial charge on any atom is -0.370 e. The molecule has 5 heteroatoms. The van der Waals surface area contributed by atoms with E-state index in [0.717, 1.165) is 0 Å². The lowest BCUT2D eigenvalue weighted by Crippen LogP contribution is -2.17. The van der Waals surface area contributed by atoms with Crippen LogP contribution < -0.4 is 0 Å². The van der Waals surface area contributed by atoms with E-state index in [1.165, 1.54) is 0 Å². The van der Waals surface area contributed by atoms with Crippen molar-refractivity contribution in [3.05, 3.63) is 25.8 Å². The van der Waals surface area contributed by atoms with Crippen LogP contribution in [0, 0.1) is 0 Å². The summed E-state index contributed by atoms with van der Waals surface area (Å²) in [6.07, 6.45) is -4.46. The Kier molecular flexibility index (Phi) is 6.23. The molecule has 64 valence electrons. The first-order chi connectivity index (χ1) is 4.95. The zero-order chi connectivity index (χ0) is 9.49. The Morgan fingerprint density at radius 3 is 1.82 bits per heavy atom. The van der Waals surface area contributed by atoms with Crippen molar-refractivity contribution in [1.82, 2.24) is 0 Å². The fraction of sp³-hybridized carbons (Fsp3) is 0.167. The molecule has 0 amide bonds. The maximum absolute atomic E-state index is 11.0. The van der Waals surface area contributed by atoms with E-state index >= 15 is 0 Å². The Balaban J connectivity index is 0. The summed E-state index contributed by atoms with van der Waals surface area (Å²) in [5.74, 6) is -1.50. The van der Waals surface area contributed by atoms with Crippen LogP contribution in [-0.2, 0) is 9.53 Å². The van der Waals surface area contributed by atoms with Crippen molar-refractivity contribution >= 4 is 5.97 Å². The van der Waals surface area contributed by atoms with Gasteiger partial charge in [-0.05, 0) is 0 Å². The van der Waals surface area contributed by atoms with Gasteiger partial charge in [0.1, 0.15) is 0 Å². The third-order valence-electron chi connectivity index (χ3n) is 0.383. The Hall–Kier alpha value is -1.26. The zero-order valence-electron chi connectivity index (χ0n) is 5.65. The lowest BCUT2D eigenvalue weighted by atomic mass is 10.7. The maximum Gasteiger partial charge on any atom is 0.575 e. The zero-order valence-corrected chi connectivity index (χ0v) is 5.65. The topological polar surface area (TPSA) is 26.3 Å². The predicted octanol–water partition coefficient (Wildman–Crippen LogP) is 2.04. The van der Waals surface area contributed by atoms with Crippen molar-refractivity contribution in [2.24, 2.45) is 0 Å². The number of carbonyl (C=O) groups excluding carboxylic acids is 1. The third kappa shape index (κ3) is 12.1. The average Bonchev–Trinajstić information content (AvgIpc) is 1.89. The number of carbonyl (C=O) groups is 1. The molecule has 11 heavy (non-hydrogen) atoms. The molecule has 0 saturated carbocycles. The van der Waals surface area contributed by atoms with Gasteiger partial charge in [-0.1, -0.05) is 6.58 Å². The van der Waals surface area contributed by atoms with Gasteiger partial charge in [0.15, 0.2) is 0 Å². The van der Waals surface area contributed by atoms with Gasteiger partial charge >= 0.3 is 12.3 Å². The van der Waals surface area contributed by atoms with Gasteiger partial charge in [-0.2, -0.15) is 0 Å². The van der Waals surface area contributed by atoms with E-state index in [-0.39, 0.29) is 0 Å². The van der Waals surface area contributed by atoms with Crippen LogP contribution in [-0.4, -0.2) is 12.3 Å². The van der Waals surface area contributed by atoms with Crippen molar-refractivity contribution < 1.29 is 22.7 Å². The Bertz CT molecular complexity index is 139. The van der Waals surface area contributed by atoms with Gasteiger partial charge in [-0.25, -0.2) is 4.79 Å². The number of halogens is 3. The number of hydrogen-bond donors (Lipinski definition) is 0. The minimum atomic E-state index is -4.90. The Morgan fingerprint density at radius 1 is 1.36 bits per heavy atom. The molecule has 0 aliphatic heterocycles. The van der Waals surface area contributed by atoms with Crippen molar-refractivity contribution in [1.29, 1.82) is 0 Å².